The van der Waals surface area contributed by atoms with Gasteiger partial charge in [-0.3, -0.25) is 4.79 Å². The Bertz CT molecular complexity index is 323. The number of nitrogens with one attached hydrogen (secondary N) is 1. The number of carbonyl (C=O) groups excluding carboxylic acids is 1. The number of benzene rings is 1. The molecule has 0 heterocycles. The van der Waals surface area contributed by atoms with Crippen molar-refractivity contribution in [2.75, 3.05) is 14.2 Å². The first-order valence-electron chi connectivity index (χ1n) is 3.78. The molecule has 0 saturated carbocycles. The maximum Gasteiger partial charge on any atom is 0.254 e. The summed E-state index contributed by atoms with van der Waals surface area (Å²) in [6.45, 7) is 0. The van der Waals surface area contributed by atoms with E-state index in [1.165, 1.54) is 20.2 Å². The standard InChI is InChI=1S/C9H11NO3/c1-10-9(12)6-4-3-5-7(13-2)8(6)11/h3-5,11H,1-2H3,(H,10,12). The van der Waals surface area contributed by atoms with Gasteiger partial charge in [0.05, 0.1) is 12.7 Å². The molecule has 0 aliphatic rings. The molecule has 1 amide bonds. The van der Waals surface area contributed by atoms with Crippen molar-refractivity contribution in [1.82, 2.24) is 5.32 Å². The van der Waals surface area contributed by atoms with Crippen molar-refractivity contribution in [3.05, 3.63) is 23.8 Å². The number of phenols is 1. The highest BCUT2D eigenvalue weighted by molar-refractivity contribution is 5.97. The van der Waals surface area contributed by atoms with Gasteiger partial charge in [-0.05, 0) is 12.1 Å². The van der Waals surface area contributed by atoms with Crippen molar-refractivity contribution in [3.8, 4) is 11.5 Å². The summed E-state index contributed by atoms with van der Waals surface area (Å²) in [5, 5.41) is 11.9. The summed E-state index contributed by atoms with van der Waals surface area (Å²) in [4.78, 5) is 11.2. The molecule has 0 aromatic heterocycles. The average Bonchev–Trinajstić information content (AvgIpc) is 2.17. The van der Waals surface area contributed by atoms with Crippen LogP contribution in [0, 0.1) is 0 Å². The van der Waals surface area contributed by atoms with E-state index in [-0.39, 0.29) is 17.2 Å². The summed E-state index contributed by atoms with van der Waals surface area (Å²) in [5.41, 5.74) is 0.210. The maximum absolute atomic E-state index is 11.2. The molecule has 2 N–H and O–H groups in total. The molecule has 0 aliphatic carbocycles. The van der Waals surface area contributed by atoms with Crippen LogP contribution in [0.5, 0.6) is 11.5 Å². The third-order valence-electron chi connectivity index (χ3n) is 1.69. The summed E-state index contributed by atoms with van der Waals surface area (Å²) < 4.78 is 4.85. The molecule has 0 radical (unpaired) electrons. The van der Waals surface area contributed by atoms with Crippen molar-refractivity contribution in [2.45, 2.75) is 0 Å². The number of aromatic hydroxyl groups is 1. The predicted octanol–water partition coefficient (Wildman–Crippen LogP) is 0.760. The van der Waals surface area contributed by atoms with E-state index in [0.717, 1.165) is 0 Å². The number of ether oxygens (including phenoxy) is 1. The van der Waals surface area contributed by atoms with E-state index >= 15 is 0 Å². The Kier molecular flexibility index (Phi) is 2.74. The van der Waals surface area contributed by atoms with Crippen molar-refractivity contribution >= 4 is 5.91 Å². The van der Waals surface area contributed by atoms with Crippen LogP contribution >= 0.6 is 0 Å². The van der Waals surface area contributed by atoms with E-state index < -0.39 is 0 Å². The summed E-state index contributed by atoms with van der Waals surface area (Å²) in [5.74, 6) is -0.179. The maximum atomic E-state index is 11.2. The lowest BCUT2D eigenvalue weighted by atomic mass is 10.2. The smallest absolute Gasteiger partial charge is 0.254 e. The van der Waals surface area contributed by atoms with E-state index in [0.29, 0.717) is 5.75 Å². The Hall–Kier alpha value is -1.71. The number of hydrogen-bond donors (Lipinski definition) is 2. The van der Waals surface area contributed by atoms with Gasteiger partial charge in [-0.15, -0.1) is 0 Å². The zero-order chi connectivity index (χ0) is 9.84. The van der Waals surface area contributed by atoms with Gasteiger partial charge in [0.15, 0.2) is 11.5 Å². The number of amides is 1. The van der Waals surface area contributed by atoms with Crippen LogP contribution in [0.25, 0.3) is 0 Å². The minimum atomic E-state index is -0.337. The largest absolute Gasteiger partial charge is 0.504 e. The molecule has 0 fully saturated rings. The fourth-order valence-corrected chi connectivity index (χ4v) is 1.00. The number of methoxy groups -OCH3 is 1. The molecule has 0 bridgehead atoms. The second kappa shape index (κ2) is 3.80. The second-order valence-corrected chi connectivity index (χ2v) is 2.44. The molecule has 4 nitrogen and oxygen atoms in total. The van der Waals surface area contributed by atoms with E-state index in [1.54, 1.807) is 12.1 Å². The SMILES string of the molecule is CNC(=O)c1cccc(OC)c1O. The fourth-order valence-electron chi connectivity index (χ4n) is 1.00. The van der Waals surface area contributed by atoms with Crippen LogP contribution in [-0.4, -0.2) is 25.2 Å². The van der Waals surface area contributed by atoms with Gasteiger partial charge in [0.2, 0.25) is 0 Å². The minimum absolute atomic E-state index is 0.135. The third kappa shape index (κ3) is 1.72. The van der Waals surface area contributed by atoms with Gasteiger partial charge in [0, 0.05) is 7.05 Å². The lowest BCUT2D eigenvalue weighted by molar-refractivity contribution is 0.0960. The molecule has 0 unspecified atom stereocenters. The highest BCUT2D eigenvalue weighted by Gasteiger charge is 2.12. The molecule has 0 saturated heterocycles. The molecule has 4 heteroatoms. The second-order valence-electron chi connectivity index (χ2n) is 2.44. The van der Waals surface area contributed by atoms with E-state index in [2.05, 4.69) is 5.32 Å². The van der Waals surface area contributed by atoms with E-state index in [1.807, 2.05) is 0 Å². The van der Waals surface area contributed by atoms with Gasteiger partial charge >= 0.3 is 0 Å². The molecular weight excluding hydrogens is 170 g/mol. The highest BCUT2D eigenvalue weighted by atomic mass is 16.5. The minimum Gasteiger partial charge on any atom is -0.504 e. The summed E-state index contributed by atoms with van der Waals surface area (Å²) in [7, 11) is 2.93. The Morgan fingerprint density at radius 1 is 1.54 bits per heavy atom. The van der Waals surface area contributed by atoms with Crippen molar-refractivity contribution in [2.24, 2.45) is 0 Å². The van der Waals surface area contributed by atoms with Gasteiger partial charge < -0.3 is 15.2 Å². The van der Waals surface area contributed by atoms with Crippen LogP contribution in [0.1, 0.15) is 10.4 Å². The zero-order valence-corrected chi connectivity index (χ0v) is 7.50. The van der Waals surface area contributed by atoms with E-state index in [9.17, 15) is 9.90 Å². The lowest BCUT2D eigenvalue weighted by Gasteiger charge is -2.06. The topological polar surface area (TPSA) is 58.6 Å². The molecule has 0 spiro atoms. The van der Waals surface area contributed by atoms with Crippen LogP contribution in [0.4, 0.5) is 0 Å². The lowest BCUT2D eigenvalue weighted by Crippen LogP contribution is -2.17. The summed E-state index contributed by atoms with van der Waals surface area (Å²) >= 11 is 0. The Labute approximate surface area is 76.1 Å². The van der Waals surface area contributed by atoms with Crippen molar-refractivity contribution in [1.29, 1.82) is 0 Å². The Balaban J connectivity index is 3.15. The van der Waals surface area contributed by atoms with E-state index in [4.69, 9.17) is 4.74 Å². The fraction of sp³-hybridized carbons (Fsp3) is 0.222. The van der Waals surface area contributed by atoms with Gasteiger partial charge in [-0.2, -0.15) is 0 Å². The van der Waals surface area contributed by atoms with Crippen LogP contribution < -0.4 is 10.1 Å². The Morgan fingerprint density at radius 2 is 2.23 bits per heavy atom. The third-order valence-corrected chi connectivity index (χ3v) is 1.69. The molecule has 0 aliphatic heterocycles. The molecule has 1 aromatic carbocycles. The van der Waals surface area contributed by atoms with Crippen LogP contribution in [0.15, 0.2) is 18.2 Å². The van der Waals surface area contributed by atoms with Gasteiger partial charge in [0.1, 0.15) is 0 Å². The zero-order valence-electron chi connectivity index (χ0n) is 7.50. The summed E-state index contributed by atoms with van der Waals surface area (Å²) in [6.07, 6.45) is 0. The average molecular weight is 181 g/mol. The highest BCUT2D eigenvalue weighted by Crippen LogP contribution is 2.28. The number of carbonyl (C=O) groups is 1. The van der Waals surface area contributed by atoms with Gasteiger partial charge in [-0.25, -0.2) is 0 Å². The number of phenolic OH excluding ortho intramolecular Hbond substituents is 1. The first-order chi connectivity index (χ1) is 6.20. The number of para-hydroxylation sites is 1. The van der Waals surface area contributed by atoms with Crippen molar-refractivity contribution in [3.63, 3.8) is 0 Å². The first-order valence-corrected chi connectivity index (χ1v) is 3.78. The van der Waals surface area contributed by atoms with Crippen molar-refractivity contribution < 1.29 is 14.6 Å². The van der Waals surface area contributed by atoms with Gasteiger partial charge in [-0.1, -0.05) is 6.07 Å². The van der Waals surface area contributed by atoms with Crippen LogP contribution in [0.3, 0.4) is 0 Å². The quantitative estimate of drug-likeness (QED) is 0.708. The molecule has 1 aromatic rings. The molecule has 13 heavy (non-hydrogen) atoms. The molecule has 1 rings (SSSR count). The monoisotopic (exact) mass is 181 g/mol. The molecule has 70 valence electrons. The normalized spacial score (nSPS) is 9.38. The van der Waals surface area contributed by atoms with Crippen LogP contribution in [-0.2, 0) is 0 Å². The summed E-state index contributed by atoms with van der Waals surface area (Å²) in [6, 6.07) is 4.75. The molecule has 0 atom stereocenters. The number of rotatable bonds is 2. The first kappa shape index (κ1) is 9.38. The molecular formula is C9H11NO3. The van der Waals surface area contributed by atoms with Crippen LogP contribution in [0.2, 0.25) is 0 Å². The number of hydrogen-bond acceptors (Lipinski definition) is 3. The van der Waals surface area contributed by atoms with Gasteiger partial charge in [0.25, 0.3) is 5.91 Å². The Morgan fingerprint density at radius 3 is 2.77 bits per heavy atom. The predicted molar refractivity (Wildman–Crippen MR) is 48.0 cm³/mol.